The van der Waals surface area contributed by atoms with Crippen LogP contribution in [0.2, 0.25) is 0 Å². The van der Waals surface area contributed by atoms with E-state index in [1.54, 1.807) is 49.6 Å². The minimum atomic E-state index is -3.94. The van der Waals surface area contributed by atoms with Gasteiger partial charge in [-0.2, -0.15) is 0 Å². The summed E-state index contributed by atoms with van der Waals surface area (Å²) in [6, 6.07) is 18.8. The number of hydrogen-bond acceptors (Lipinski definition) is 5. The van der Waals surface area contributed by atoms with Crippen LogP contribution in [0.1, 0.15) is 15.9 Å². The molecular weight excluding hydrogens is 426 g/mol. The molecule has 3 aromatic carbocycles. The second-order valence-electron chi connectivity index (χ2n) is 7.59. The van der Waals surface area contributed by atoms with Crippen LogP contribution >= 0.6 is 0 Å². The molecule has 1 aliphatic heterocycles. The number of aryl methyl sites for hydroxylation is 1. The second kappa shape index (κ2) is 7.35. The van der Waals surface area contributed by atoms with Crippen LogP contribution in [0, 0.1) is 6.92 Å². The standard InChI is InChI=1S/C24H19N3O4S/c1-15-8-10-21-19(13-15)27(2)24(28)18-14-17(9-11-20(18)31-21)26-32(29,30)22-7-3-5-16-6-4-12-25-23(16)22/h3-14,26H,1-2H3. The molecule has 32 heavy (non-hydrogen) atoms. The van der Waals surface area contributed by atoms with Gasteiger partial charge in [0.25, 0.3) is 15.9 Å². The maximum absolute atomic E-state index is 13.1. The number of rotatable bonds is 3. The molecule has 0 spiro atoms. The number of ether oxygens (including phenoxy) is 1. The van der Waals surface area contributed by atoms with Gasteiger partial charge in [0, 0.05) is 24.3 Å². The van der Waals surface area contributed by atoms with Crippen molar-refractivity contribution in [3.05, 3.63) is 84.1 Å². The monoisotopic (exact) mass is 445 g/mol. The molecule has 0 fully saturated rings. The van der Waals surface area contributed by atoms with Crippen LogP contribution in [0.3, 0.4) is 0 Å². The summed E-state index contributed by atoms with van der Waals surface area (Å²) in [6.45, 7) is 1.94. The van der Waals surface area contributed by atoms with Crippen molar-refractivity contribution in [1.29, 1.82) is 0 Å². The lowest BCUT2D eigenvalue weighted by Gasteiger charge is -2.17. The van der Waals surface area contributed by atoms with Crippen molar-refractivity contribution in [2.45, 2.75) is 11.8 Å². The van der Waals surface area contributed by atoms with E-state index in [0.717, 1.165) is 10.9 Å². The van der Waals surface area contributed by atoms with E-state index >= 15 is 0 Å². The van der Waals surface area contributed by atoms with Crippen LogP contribution in [-0.2, 0) is 10.0 Å². The summed E-state index contributed by atoms with van der Waals surface area (Å²) >= 11 is 0. The van der Waals surface area contributed by atoms with Crippen molar-refractivity contribution >= 4 is 38.2 Å². The number of carbonyl (C=O) groups is 1. The van der Waals surface area contributed by atoms with Gasteiger partial charge in [-0.05, 0) is 55.0 Å². The van der Waals surface area contributed by atoms with E-state index in [1.165, 1.54) is 17.0 Å². The number of sulfonamides is 1. The molecule has 160 valence electrons. The maximum atomic E-state index is 13.1. The predicted molar refractivity (Wildman–Crippen MR) is 123 cm³/mol. The van der Waals surface area contributed by atoms with Crippen LogP contribution < -0.4 is 14.4 Å². The summed E-state index contributed by atoms with van der Waals surface area (Å²) in [7, 11) is -2.28. The smallest absolute Gasteiger partial charge is 0.264 e. The number of nitrogens with zero attached hydrogens (tertiary/aromatic N) is 2. The number of amides is 1. The zero-order valence-corrected chi connectivity index (χ0v) is 18.2. The first-order valence-corrected chi connectivity index (χ1v) is 11.4. The topological polar surface area (TPSA) is 88.6 Å². The lowest BCUT2D eigenvalue weighted by atomic mass is 10.1. The molecule has 7 nitrogen and oxygen atoms in total. The molecule has 5 rings (SSSR count). The van der Waals surface area contributed by atoms with Crippen LogP contribution in [0.25, 0.3) is 10.9 Å². The molecule has 0 atom stereocenters. The molecule has 1 aliphatic rings. The van der Waals surface area contributed by atoms with Crippen LogP contribution in [-0.4, -0.2) is 26.4 Å². The van der Waals surface area contributed by atoms with Gasteiger partial charge < -0.3 is 9.64 Å². The third kappa shape index (κ3) is 3.34. The number of nitrogens with one attached hydrogen (secondary N) is 1. The number of para-hydroxylation sites is 1. The number of hydrogen-bond donors (Lipinski definition) is 1. The highest BCUT2D eigenvalue weighted by Crippen LogP contribution is 2.39. The molecule has 2 heterocycles. The fourth-order valence-electron chi connectivity index (χ4n) is 3.74. The Hall–Kier alpha value is -3.91. The Kier molecular flexibility index (Phi) is 4.60. The Labute approximate surface area is 185 Å². The summed E-state index contributed by atoms with van der Waals surface area (Å²) in [5.74, 6) is 0.622. The summed E-state index contributed by atoms with van der Waals surface area (Å²) in [4.78, 5) is 18.9. The second-order valence-corrected chi connectivity index (χ2v) is 9.24. The van der Waals surface area contributed by atoms with E-state index in [4.69, 9.17) is 4.74 Å². The van der Waals surface area contributed by atoms with Gasteiger partial charge in [-0.3, -0.25) is 14.5 Å². The van der Waals surface area contributed by atoms with Gasteiger partial charge in [0.2, 0.25) is 0 Å². The molecule has 1 aromatic heterocycles. The zero-order chi connectivity index (χ0) is 22.5. The number of benzene rings is 3. The Balaban J connectivity index is 1.54. The normalized spacial score (nSPS) is 13.2. The number of fused-ring (bicyclic) bond motifs is 3. The first kappa shape index (κ1) is 20.0. The summed E-state index contributed by atoms with van der Waals surface area (Å²) in [6.07, 6.45) is 1.55. The van der Waals surface area contributed by atoms with E-state index < -0.39 is 10.0 Å². The maximum Gasteiger partial charge on any atom is 0.264 e. The van der Waals surface area contributed by atoms with E-state index in [2.05, 4.69) is 9.71 Å². The molecule has 1 N–H and O–H groups in total. The number of anilines is 2. The first-order chi connectivity index (χ1) is 15.3. The van der Waals surface area contributed by atoms with E-state index in [1.807, 2.05) is 25.1 Å². The van der Waals surface area contributed by atoms with Gasteiger partial charge in [-0.25, -0.2) is 8.42 Å². The highest BCUT2D eigenvalue weighted by atomic mass is 32.2. The quantitative estimate of drug-likeness (QED) is 0.493. The Bertz CT molecular complexity index is 1490. The summed E-state index contributed by atoms with van der Waals surface area (Å²) < 4.78 is 34.8. The van der Waals surface area contributed by atoms with Crippen molar-refractivity contribution in [1.82, 2.24) is 4.98 Å². The average molecular weight is 446 g/mol. The Morgan fingerprint density at radius 1 is 0.969 bits per heavy atom. The van der Waals surface area contributed by atoms with Crippen molar-refractivity contribution in [3.8, 4) is 11.5 Å². The molecule has 0 saturated carbocycles. The number of pyridine rings is 1. The number of carbonyl (C=O) groups excluding carboxylic acids is 1. The molecule has 1 amide bonds. The van der Waals surface area contributed by atoms with Crippen LogP contribution in [0.5, 0.6) is 11.5 Å². The van der Waals surface area contributed by atoms with Crippen molar-refractivity contribution in [2.24, 2.45) is 0 Å². The predicted octanol–water partition coefficient (Wildman–Crippen LogP) is 4.73. The minimum absolute atomic E-state index is 0.0631. The Morgan fingerprint density at radius 3 is 2.59 bits per heavy atom. The van der Waals surface area contributed by atoms with Gasteiger partial charge in [0.1, 0.15) is 10.6 Å². The Morgan fingerprint density at radius 2 is 1.75 bits per heavy atom. The van der Waals surface area contributed by atoms with E-state index in [9.17, 15) is 13.2 Å². The van der Waals surface area contributed by atoms with Crippen molar-refractivity contribution < 1.29 is 17.9 Å². The molecule has 0 radical (unpaired) electrons. The fraction of sp³-hybridized carbons (Fsp3) is 0.0833. The van der Waals surface area contributed by atoms with Gasteiger partial charge in [-0.15, -0.1) is 0 Å². The highest BCUT2D eigenvalue weighted by molar-refractivity contribution is 7.93. The van der Waals surface area contributed by atoms with Crippen LogP contribution in [0.15, 0.2) is 77.8 Å². The van der Waals surface area contributed by atoms with Gasteiger partial charge in [0.05, 0.1) is 16.8 Å². The summed E-state index contributed by atoms with van der Waals surface area (Å²) in [5.41, 5.74) is 2.54. The van der Waals surface area contributed by atoms with Crippen LogP contribution in [0.4, 0.5) is 11.4 Å². The van der Waals surface area contributed by atoms with E-state index in [-0.39, 0.29) is 22.1 Å². The number of aromatic nitrogens is 1. The molecular formula is C24H19N3O4S. The van der Waals surface area contributed by atoms with E-state index in [0.29, 0.717) is 22.7 Å². The van der Waals surface area contributed by atoms with Crippen molar-refractivity contribution in [3.63, 3.8) is 0 Å². The third-order valence-electron chi connectivity index (χ3n) is 5.35. The molecule has 0 unspecified atom stereocenters. The third-order valence-corrected chi connectivity index (χ3v) is 6.76. The lowest BCUT2D eigenvalue weighted by molar-refractivity contribution is 0.0993. The fourth-order valence-corrected chi connectivity index (χ4v) is 4.97. The van der Waals surface area contributed by atoms with Gasteiger partial charge in [-0.1, -0.05) is 24.3 Å². The zero-order valence-electron chi connectivity index (χ0n) is 17.4. The highest BCUT2D eigenvalue weighted by Gasteiger charge is 2.27. The first-order valence-electron chi connectivity index (χ1n) is 9.91. The lowest BCUT2D eigenvalue weighted by Crippen LogP contribution is -2.25. The van der Waals surface area contributed by atoms with Crippen molar-refractivity contribution in [2.75, 3.05) is 16.7 Å². The SMILES string of the molecule is Cc1ccc2c(c1)N(C)C(=O)c1cc(NS(=O)(=O)c3cccc4cccnc34)ccc1O2. The molecule has 0 bridgehead atoms. The average Bonchev–Trinajstić information content (AvgIpc) is 2.88. The molecule has 0 aliphatic carbocycles. The van der Waals surface area contributed by atoms with Gasteiger partial charge >= 0.3 is 0 Å². The minimum Gasteiger partial charge on any atom is -0.454 e. The van der Waals surface area contributed by atoms with Gasteiger partial charge in [0.15, 0.2) is 5.75 Å². The molecule has 8 heteroatoms. The molecule has 4 aromatic rings. The largest absolute Gasteiger partial charge is 0.454 e. The summed E-state index contributed by atoms with van der Waals surface area (Å²) in [5, 5.41) is 0.718. The molecule has 0 saturated heterocycles.